The van der Waals surface area contributed by atoms with Crippen molar-refractivity contribution in [3.63, 3.8) is 0 Å². The number of benzene rings is 3. The molecule has 0 amide bonds. The molecule has 230 valence electrons. The predicted molar refractivity (Wildman–Crippen MR) is 170 cm³/mol. The summed E-state index contributed by atoms with van der Waals surface area (Å²) < 4.78 is 28.2. The Hall–Kier alpha value is -5.03. The van der Waals surface area contributed by atoms with Crippen molar-refractivity contribution in [3.05, 3.63) is 118 Å². The quantitative estimate of drug-likeness (QED) is 0.210. The monoisotopic (exact) mass is 609 g/mol. The van der Waals surface area contributed by atoms with E-state index in [2.05, 4.69) is 48.3 Å². The van der Waals surface area contributed by atoms with Crippen molar-refractivity contribution in [2.75, 3.05) is 37.4 Å². The van der Waals surface area contributed by atoms with E-state index in [1.165, 1.54) is 28.7 Å². The van der Waals surface area contributed by atoms with E-state index >= 15 is 0 Å². The molecule has 5 aromatic rings. The number of nitrogens with zero attached hydrogens (tertiary/aromatic N) is 6. The second-order valence-electron chi connectivity index (χ2n) is 11.7. The number of aromatic nitrogens is 4. The van der Waals surface area contributed by atoms with Crippen LogP contribution in [0.4, 0.5) is 26.1 Å². The summed E-state index contributed by atoms with van der Waals surface area (Å²) in [6.45, 7) is 2.31. The van der Waals surface area contributed by atoms with Crippen molar-refractivity contribution in [1.29, 1.82) is 0 Å². The van der Waals surface area contributed by atoms with Crippen LogP contribution < -0.4 is 15.8 Å². The number of hydrogen-bond acceptors (Lipinski definition) is 8. The van der Waals surface area contributed by atoms with Gasteiger partial charge in [-0.05, 0) is 80.0 Å². The number of nitrogens with one attached hydrogen (secondary N) is 1. The normalized spacial score (nSPS) is 14.8. The Labute approximate surface area is 259 Å². The Morgan fingerprint density at radius 2 is 1.80 bits per heavy atom. The topological polar surface area (TPSA) is 96.2 Å². The Balaban J connectivity index is 1.08. The highest BCUT2D eigenvalue weighted by Crippen LogP contribution is 2.29. The highest BCUT2D eigenvalue weighted by atomic mass is 19.2. The molecule has 2 aromatic heterocycles. The molecule has 0 aliphatic carbocycles. The first-order chi connectivity index (χ1) is 21.7. The minimum Gasteiger partial charge on any atom is -0.371 e. The van der Waals surface area contributed by atoms with Gasteiger partial charge in [0.2, 0.25) is 5.95 Å². The van der Waals surface area contributed by atoms with E-state index in [0.717, 1.165) is 53.9 Å². The lowest BCUT2D eigenvalue weighted by molar-refractivity contribution is 0.0962. The molecule has 9 nitrogen and oxygen atoms in total. The Bertz CT molecular complexity index is 1910. The summed E-state index contributed by atoms with van der Waals surface area (Å²) >= 11 is 0. The molecule has 6 rings (SSSR count). The van der Waals surface area contributed by atoms with Gasteiger partial charge in [-0.2, -0.15) is 0 Å². The van der Waals surface area contributed by atoms with Crippen LogP contribution in [0, 0.1) is 17.6 Å². The first kappa shape index (κ1) is 30.0. The molecule has 1 atom stereocenters. The van der Waals surface area contributed by atoms with Gasteiger partial charge >= 0.3 is 0 Å². The summed E-state index contributed by atoms with van der Waals surface area (Å²) in [5.41, 5.74) is 3.88. The van der Waals surface area contributed by atoms with Crippen molar-refractivity contribution < 1.29 is 13.6 Å². The maximum absolute atomic E-state index is 13.6. The van der Waals surface area contributed by atoms with Gasteiger partial charge in [-0.25, -0.2) is 23.7 Å². The molecule has 3 heterocycles. The third-order valence-electron chi connectivity index (χ3n) is 7.94. The number of fused-ring (bicyclic) bond motifs is 1. The van der Waals surface area contributed by atoms with E-state index in [-0.39, 0.29) is 30.2 Å². The Kier molecular flexibility index (Phi) is 8.61. The largest absolute Gasteiger partial charge is 0.371 e. The number of rotatable bonds is 10. The summed E-state index contributed by atoms with van der Waals surface area (Å²) in [6, 6.07) is 17.7. The second-order valence-corrected chi connectivity index (χ2v) is 11.7. The van der Waals surface area contributed by atoms with Gasteiger partial charge in [-0.15, -0.1) is 0 Å². The van der Waals surface area contributed by atoms with E-state index in [0.29, 0.717) is 18.1 Å². The van der Waals surface area contributed by atoms with Gasteiger partial charge in [0, 0.05) is 55.2 Å². The number of anilines is 3. The fraction of sp³-hybridized carbons (Fsp3) is 0.265. The van der Waals surface area contributed by atoms with Gasteiger partial charge in [0.1, 0.15) is 5.56 Å². The van der Waals surface area contributed by atoms with Crippen molar-refractivity contribution in [1.82, 2.24) is 24.4 Å². The van der Waals surface area contributed by atoms with Crippen molar-refractivity contribution in [2.24, 2.45) is 5.92 Å². The summed E-state index contributed by atoms with van der Waals surface area (Å²) in [4.78, 5) is 43.8. The summed E-state index contributed by atoms with van der Waals surface area (Å²) in [7, 11) is 4.08. The fourth-order valence-electron chi connectivity index (χ4n) is 5.66. The number of carbonyl (C=O) groups excluding carboxylic acids is 1. The van der Waals surface area contributed by atoms with E-state index in [4.69, 9.17) is 0 Å². The van der Waals surface area contributed by atoms with Gasteiger partial charge in [0.05, 0.1) is 18.4 Å². The van der Waals surface area contributed by atoms with Crippen LogP contribution >= 0.6 is 0 Å². The maximum atomic E-state index is 13.6. The van der Waals surface area contributed by atoms with Gasteiger partial charge in [0.25, 0.3) is 5.56 Å². The van der Waals surface area contributed by atoms with Gasteiger partial charge in [0.15, 0.2) is 17.4 Å². The fourth-order valence-corrected chi connectivity index (χ4v) is 5.66. The molecular formula is C34H33F2N7O2. The second kappa shape index (κ2) is 12.9. The van der Waals surface area contributed by atoms with Gasteiger partial charge < -0.3 is 15.1 Å². The molecule has 1 aliphatic rings. The van der Waals surface area contributed by atoms with Crippen molar-refractivity contribution in [3.8, 4) is 0 Å². The Morgan fingerprint density at radius 1 is 1.00 bits per heavy atom. The number of halogens is 2. The van der Waals surface area contributed by atoms with Crippen molar-refractivity contribution in [2.45, 2.75) is 25.9 Å². The van der Waals surface area contributed by atoms with Gasteiger partial charge in [-0.1, -0.05) is 18.2 Å². The highest BCUT2D eigenvalue weighted by molar-refractivity contribution is 5.95. The minimum absolute atomic E-state index is 0.00434. The molecule has 0 unspecified atom stereocenters. The van der Waals surface area contributed by atoms with Crippen LogP contribution in [0.15, 0.2) is 84.2 Å². The Morgan fingerprint density at radius 3 is 2.58 bits per heavy atom. The van der Waals surface area contributed by atoms with Crippen LogP contribution in [-0.2, 0) is 13.1 Å². The van der Waals surface area contributed by atoms with Crippen LogP contribution in [0.1, 0.15) is 34.3 Å². The first-order valence-corrected chi connectivity index (χ1v) is 14.8. The van der Waals surface area contributed by atoms with Crippen molar-refractivity contribution >= 4 is 34.0 Å². The van der Waals surface area contributed by atoms with Crippen LogP contribution in [0.3, 0.4) is 0 Å². The number of carbonyl (C=O) groups is 1. The van der Waals surface area contributed by atoms with E-state index in [1.54, 1.807) is 6.20 Å². The molecule has 0 spiro atoms. The summed E-state index contributed by atoms with van der Waals surface area (Å²) in [6.07, 6.45) is 5.40. The van der Waals surface area contributed by atoms with Crippen LogP contribution in [0.25, 0.3) is 10.9 Å². The lowest BCUT2D eigenvalue weighted by atomic mass is 9.99. The van der Waals surface area contributed by atoms with Crippen LogP contribution in [-0.4, -0.2) is 57.4 Å². The zero-order chi connectivity index (χ0) is 31.5. The molecule has 0 radical (unpaired) electrons. The lowest BCUT2D eigenvalue weighted by Crippen LogP contribution is -2.28. The van der Waals surface area contributed by atoms with Crippen LogP contribution in [0.5, 0.6) is 0 Å². The lowest BCUT2D eigenvalue weighted by Gasteiger charge is -2.19. The standard InChI is InChI=1S/C34H33F2N7O2/c1-41(2)18-22-3-6-26(7-4-22)39-34-38-16-25-15-27(8-10-31(25)40-34)42-12-11-24(19-42)14-32(44)28-17-37-21-43(33(28)45)20-23-5-9-29(35)30(36)13-23/h3-10,13,15-17,21,24H,11-12,14,18-20H2,1-2H3,(H,38,39,40)/t24-/m0/s1. The smallest absolute Gasteiger partial charge is 0.264 e. The van der Waals surface area contributed by atoms with E-state index in [1.807, 2.05) is 38.4 Å². The molecule has 1 fully saturated rings. The minimum atomic E-state index is -0.996. The summed E-state index contributed by atoms with van der Waals surface area (Å²) in [5, 5.41) is 4.19. The van der Waals surface area contributed by atoms with E-state index in [9.17, 15) is 18.4 Å². The van der Waals surface area contributed by atoms with E-state index < -0.39 is 17.2 Å². The first-order valence-electron chi connectivity index (χ1n) is 14.8. The number of ketones is 1. The molecule has 0 bridgehead atoms. The summed E-state index contributed by atoms with van der Waals surface area (Å²) in [5.74, 6) is -1.65. The SMILES string of the molecule is CN(C)Cc1ccc(Nc2ncc3cc(N4CC[C@@H](CC(=O)c5cncn(Cc6ccc(F)c(F)c6)c5=O)C4)ccc3n2)cc1. The molecular weight excluding hydrogens is 576 g/mol. The molecule has 3 aromatic carbocycles. The maximum Gasteiger partial charge on any atom is 0.264 e. The van der Waals surface area contributed by atoms with Gasteiger partial charge in [-0.3, -0.25) is 14.2 Å². The molecule has 11 heteroatoms. The average molecular weight is 610 g/mol. The molecule has 1 aliphatic heterocycles. The highest BCUT2D eigenvalue weighted by Gasteiger charge is 2.27. The third kappa shape index (κ3) is 7.04. The molecule has 45 heavy (non-hydrogen) atoms. The molecule has 1 N–H and O–H groups in total. The predicted octanol–water partition coefficient (Wildman–Crippen LogP) is 5.42. The van der Waals surface area contributed by atoms with Crippen LogP contribution in [0.2, 0.25) is 0 Å². The average Bonchev–Trinajstić information content (AvgIpc) is 3.49. The number of hydrogen-bond donors (Lipinski definition) is 1. The zero-order valence-electron chi connectivity index (χ0n) is 25.1. The third-order valence-corrected chi connectivity index (χ3v) is 7.94. The zero-order valence-corrected chi connectivity index (χ0v) is 25.1. The molecule has 1 saturated heterocycles. The number of Topliss-reactive ketones (excluding diaryl/α,β-unsaturated/α-hetero) is 1. The molecule has 0 saturated carbocycles.